The number of nitrogens with zero attached hydrogens (tertiary/aromatic N) is 2. The molecule has 1 N–H and O–H groups in total. The molecule has 1 aromatic rings. The van der Waals surface area contributed by atoms with E-state index in [1.54, 1.807) is 10.9 Å². The van der Waals surface area contributed by atoms with Crippen molar-refractivity contribution in [3.8, 4) is 0 Å². The van der Waals surface area contributed by atoms with Crippen molar-refractivity contribution in [2.24, 2.45) is 0 Å². The molecule has 0 saturated heterocycles. The highest BCUT2D eigenvalue weighted by Gasteiger charge is 2.13. The van der Waals surface area contributed by atoms with Gasteiger partial charge in [-0.3, -0.25) is 9.59 Å². The van der Waals surface area contributed by atoms with Crippen molar-refractivity contribution in [3.05, 3.63) is 16.6 Å². The summed E-state index contributed by atoms with van der Waals surface area (Å²) in [7, 11) is 1.46. The van der Waals surface area contributed by atoms with Gasteiger partial charge in [0.2, 0.25) is 5.91 Å². The minimum absolute atomic E-state index is 0.160. The maximum atomic E-state index is 11.4. The first-order valence-corrected chi connectivity index (χ1v) is 4.86. The first kappa shape index (κ1) is 10.6. The minimum atomic E-state index is -1.01. The van der Waals surface area contributed by atoms with Crippen LogP contribution in [-0.2, 0) is 16.0 Å². The second-order valence-electron chi connectivity index (χ2n) is 2.80. The smallest absolute Gasteiger partial charge is 0.323 e. The van der Waals surface area contributed by atoms with Crippen LogP contribution in [0.15, 0.2) is 10.9 Å². The molecule has 6 heteroatoms. The first-order chi connectivity index (χ1) is 6.59. The number of carboxylic acids is 1. The molecule has 0 saturated carbocycles. The number of carboxylic acid groups (broad SMARTS) is 1. The number of aromatic nitrogens is 1. The van der Waals surface area contributed by atoms with Crippen LogP contribution in [0.3, 0.4) is 0 Å². The van der Waals surface area contributed by atoms with Crippen LogP contribution in [0.5, 0.6) is 0 Å². The molecule has 0 aliphatic heterocycles. The molecule has 1 amide bonds. The lowest BCUT2D eigenvalue weighted by molar-refractivity contribution is -0.143. The van der Waals surface area contributed by atoms with Gasteiger partial charge in [-0.05, 0) is 0 Å². The number of hydrogen-bond donors (Lipinski definition) is 1. The number of likely N-dealkylation sites (N-methyl/N-ethyl adjacent to an activating group) is 1. The summed E-state index contributed by atoms with van der Waals surface area (Å²) >= 11 is 1.41. The highest BCUT2D eigenvalue weighted by Crippen LogP contribution is 2.03. The maximum absolute atomic E-state index is 11.4. The van der Waals surface area contributed by atoms with Crippen LogP contribution in [0, 0.1) is 0 Å². The fraction of sp³-hybridized carbons (Fsp3) is 0.375. The van der Waals surface area contributed by atoms with Crippen molar-refractivity contribution in [2.75, 3.05) is 13.6 Å². The Morgan fingerprint density at radius 2 is 2.36 bits per heavy atom. The summed E-state index contributed by atoms with van der Waals surface area (Å²) in [6.07, 6.45) is 0.160. The Bertz CT molecular complexity index is 323. The van der Waals surface area contributed by atoms with E-state index in [9.17, 15) is 9.59 Å². The Kier molecular flexibility index (Phi) is 3.58. The lowest BCUT2D eigenvalue weighted by Gasteiger charge is -2.13. The normalized spacial score (nSPS) is 9.79. The molecule has 0 radical (unpaired) electrons. The number of carbonyl (C=O) groups excluding carboxylic acids is 1. The fourth-order valence-electron chi connectivity index (χ4n) is 0.906. The minimum Gasteiger partial charge on any atom is -0.480 e. The molecule has 1 rings (SSSR count). The lowest BCUT2D eigenvalue weighted by Crippen LogP contribution is -2.33. The zero-order chi connectivity index (χ0) is 10.6. The molecule has 76 valence electrons. The molecule has 0 atom stereocenters. The summed E-state index contributed by atoms with van der Waals surface area (Å²) in [5.41, 5.74) is 2.32. The largest absolute Gasteiger partial charge is 0.480 e. The highest BCUT2D eigenvalue weighted by molar-refractivity contribution is 7.07. The van der Waals surface area contributed by atoms with E-state index in [1.165, 1.54) is 23.3 Å². The van der Waals surface area contributed by atoms with Gasteiger partial charge in [-0.25, -0.2) is 4.98 Å². The van der Waals surface area contributed by atoms with Crippen molar-refractivity contribution in [1.82, 2.24) is 9.88 Å². The van der Waals surface area contributed by atoms with E-state index in [0.29, 0.717) is 5.69 Å². The molecule has 0 bridgehead atoms. The molecule has 1 heterocycles. The molecule has 5 nitrogen and oxygen atoms in total. The average molecular weight is 214 g/mol. The summed E-state index contributed by atoms with van der Waals surface area (Å²) in [6, 6.07) is 0. The Morgan fingerprint density at radius 3 is 2.86 bits per heavy atom. The number of hydrogen-bond acceptors (Lipinski definition) is 4. The van der Waals surface area contributed by atoms with Gasteiger partial charge in [0.05, 0.1) is 17.6 Å². The molecule has 0 spiro atoms. The average Bonchev–Trinajstić information content (AvgIpc) is 2.55. The third-order valence-corrected chi connectivity index (χ3v) is 2.25. The Morgan fingerprint density at radius 1 is 1.64 bits per heavy atom. The van der Waals surface area contributed by atoms with Crippen molar-refractivity contribution in [1.29, 1.82) is 0 Å². The standard InChI is InChI=1S/C8H10N2O3S/c1-10(3-8(12)13)7(11)2-6-4-14-5-9-6/h4-5H,2-3H2,1H3,(H,12,13). The molecule has 0 unspecified atom stereocenters. The van der Waals surface area contributed by atoms with Gasteiger partial charge in [0.15, 0.2) is 0 Å². The van der Waals surface area contributed by atoms with Crippen LogP contribution in [0.1, 0.15) is 5.69 Å². The molecule has 0 aliphatic carbocycles. The second kappa shape index (κ2) is 4.71. The fourth-order valence-corrected chi connectivity index (χ4v) is 1.46. The van der Waals surface area contributed by atoms with Gasteiger partial charge in [-0.1, -0.05) is 0 Å². The molecule has 14 heavy (non-hydrogen) atoms. The molecular formula is C8H10N2O3S. The van der Waals surface area contributed by atoms with Gasteiger partial charge in [-0.15, -0.1) is 11.3 Å². The Hall–Kier alpha value is -1.43. The molecule has 0 fully saturated rings. The van der Waals surface area contributed by atoms with E-state index in [1.807, 2.05) is 0 Å². The van der Waals surface area contributed by atoms with E-state index < -0.39 is 5.97 Å². The summed E-state index contributed by atoms with van der Waals surface area (Å²) in [5.74, 6) is -1.25. The quantitative estimate of drug-likeness (QED) is 0.778. The Balaban J connectivity index is 2.46. The van der Waals surface area contributed by atoms with Gasteiger partial charge in [-0.2, -0.15) is 0 Å². The summed E-state index contributed by atoms with van der Waals surface area (Å²) in [6.45, 7) is -0.275. The van der Waals surface area contributed by atoms with E-state index in [0.717, 1.165) is 0 Å². The Labute approximate surface area is 85.0 Å². The SMILES string of the molecule is CN(CC(=O)O)C(=O)Cc1cscn1. The van der Waals surface area contributed by atoms with Crippen LogP contribution in [0.2, 0.25) is 0 Å². The van der Waals surface area contributed by atoms with Gasteiger partial charge in [0.1, 0.15) is 6.54 Å². The third kappa shape index (κ3) is 3.14. The van der Waals surface area contributed by atoms with Gasteiger partial charge < -0.3 is 10.0 Å². The van der Waals surface area contributed by atoms with Crippen molar-refractivity contribution in [2.45, 2.75) is 6.42 Å². The van der Waals surface area contributed by atoms with Gasteiger partial charge in [0, 0.05) is 12.4 Å². The van der Waals surface area contributed by atoms with Gasteiger partial charge in [0.25, 0.3) is 0 Å². The first-order valence-electron chi connectivity index (χ1n) is 3.92. The van der Waals surface area contributed by atoms with E-state index in [4.69, 9.17) is 5.11 Å². The van der Waals surface area contributed by atoms with E-state index in [2.05, 4.69) is 4.98 Å². The van der Waals surface area contributed by atoms with Crippen molar-refractivity contribution in [3.63, 3.8) is 0 Å². The summed E-state index contributed by atoms with van der Waals surface area (Å²) in [4.78, 5) is 26.8. The summed E-state index contributed by atoms with van der Waals surface area (Å²) < 4.78 is 0. The molecule has 0 aliphatic rings. The number of carbonyl (C=O) groups is 2. The topological polar surface area (TPSA) is 70.5 Å². The van der Waals surface area contributed by atoms with Crippen LogP contribution < -0.4 is 0 Å². The number of amides is 1. The number of aliphatic carboxylic acids is 1. The molecular weight excluding hydrogens is 204 g/mol. The van der Waals surface area contributed by atoms with Crippen LogP contribution in [-0.4, -0.2) is 40.5 Å². The van der Waals surface area contributed by atoms with Crippen LogP contribution in [0.25, 0.3) is 0 Å². The number of thiazole rings is 1. The maximum Gasteiger partial charge on any atom is 0.323 e. The molecule has 0 aromatic carbocycles. The van der Waals surface area contributed by atoms with Crippen molar-refractivity contribution < 1.29 is 14.7 Å². The summed E-state index contributed by atoms with van der Waals surface area (Å²) in [5, 5.41) is 10.2. The molecule has 1 aromatic heterocycles. The predicted molar refractivity (Wildman–Crippen MR) is 51.1 cm³/mol. The lowest BCUT2D eigenvalue weighted by atomic mass is 10.3. The van der Waals surface area contributed by atoms with Gasteiger partial charge >= 0.3 is 5.97 Å². The van der Waals surface area contributed by atoms with E-state index >= 15 is 0 Å². The number of rotatable bonds is 4. The third-order valence-electron chi connectivity index (χ3n) is 1.61. The second-order valence-corrected chi connectivity index (χ2v) is 3.52. The zero-order valence-corrected chi connectivity index (χ0v) is 8.45. The van der Waals surface area contributed by atoms with Crippen molar-refractivity contribution >= 4 is 23.2 Å². The monoisotopic (exact) mass is 214 g/mol. The van der Waals surface area contributed by atoms with E-state index in [-0.39, 0.29) is 18.9 Å². The highest BCUT2D eigenvalue weighted by atomic mass is 32.1. The van der Waals surface area contributed by atoms with Crippen LogP contribution in [0.4, 0.5) is 0 Å². The zero-order valence-electron chi connectivity index (χ0n) is 7.64. The predicted octanol–water partition coefficient (Wildman–Crippen LogP) is 0.229. The van der Waals surface area contributed by atoms with Crippen LogP contribution >= 0.6 is 11.3 Å².